The maximum atomic E-state index is 5.81. The van der Waals surface area contributed by atoms with E-state index in [1.54, 1.807) is 5.57 Å². The molecule has 0 spiro atoms. The van der Waals surface area contributed by atoms with Gasteiger partial charge in [-0.15, -0.1) is 0 Å². The van der Waals surface area contributed by atoms with Gasteiger partial charge in [-0.3, -0.25) is 0 Å². The molecule has 1 aliphatic rings. The molecule has 1 aromatic heterocycles. The van der Waals surface area contributed by atoms with E-state index < -0.39 is 0 Å². The van der Waals surface area contributed by atoms with E-state index in [1.807, 2.05) is 24.1 Å². The predicted molar refractivity (Wildman–Crippen MR) is 69.6 cm³/mol. The van der Waals surface area contributed by atoms with Crippen LogP contribution in [0.4, 0.5) is 0 Å². The van der Waals surface area contributed by atoms with Crippen molar-refractivity contribution < 1.29 is 0 Å². The van der Waals surface area contributed by atoms with E-state index in [0.29, 0.717) is 6.54 Å². The van der Waals surface area contributed by atoms with Gasteiger partial charge in [0.2, 0.25) is 0 Å². The van der Waals surface area contributed by atoms with E-state index in [2.05, 4.69) is 16.4 Å². The molecular weight excluding hydrogens is 212 g/mol. The molecule has 1 aromatic rings. The molecule has 0 bridgehead atoms. The number of allylic oxidation sites excluding steroid dienone is 1. The summed E-state index contributed by atoms with van der Waals surface area (Å²) in [5.41, 5.74) is 8.56. The van der Waals surface area contributed by atoms with Gasteiger partial charge in [0.15, 0.2) is 0 Å². The molecule has 94 valence electrons. The molecule has 0 saturated carbocycles. The van der Waals surface area contributed by atoms with Crippen molar-refractivity contribution in [2.45, 2.75) is 31.7 Å². The first-order chi connectivity index (χ1) is 8.31. The minimum atomic E-state index is 0.213. The van der Waals surface area contributed by atoms with Crippen molar-refractivity contribution in [1.82, 2.24) is 14.9 Å². The quantitative estimate of drug-likeness (QED) is 0.734. The number of nitrogens with two attached hydrogens (primary N) is 1. The maximum Gasteiger partial charge on any atom is 0.0946 e. The zero-order chi connectivity index (χ0) is 12.1. The van der Waals surface area contributed by atoms with Crippen molar-refractivity contribution >= 4 is 0 Å². The largest absolute Gasteiger partial charge is 0.336 e. The van der Waals surface area contributed by atoms with Crippen molar-refractivity contribution in [3.8, 4) is 0 Å². The lowest BCUT2D eigenvalue weighted by Crippen LogP contribution is -2.30. The Hall–Kier alpha value is -1.13. The number of aromatic nitrogens is 2. The Labute approximate surface area is 103 Å². The van der Waals surface area contributed by atoms with Crippen molar-refractivity contribution in [2.75, 3.05) is 13.1 Å². The van der Waals surface area contributed by atoms with Crippen LogP contribution in [0, 0.1) is 0 Å². The molecule has 1 aliphatic carbocycles. The molecule has 0 radical (unpaired) electrons. The number of hydrogen-bond donors (Lipinski definition) is 2. The van der Waals surface area contributed by atoms with Crippen LogP contribution >= 0.6 is 0 Å². The van der Waals surface area contributed by atoms with Crippen LogP contribution in [0.15, 0.2) is 24.2 Å². The Balaban J connectivity index is 1.82. The van der Waals surface area contributed by atoms with Crippen LogP contribution in [0.2, 0.25) is 0 Å². The van der Waals surface area contributed by atoms with Gasteiger partial charge >= 0.3 is 0 Å². The van der Waals surface area contributed by atoms with Gasteiger partial charge in [-0.1, -0.05) is 11.6 Å². The van der Waals surface area contributed by atoms with E-state index in [-0.39, 0.29) is 6.04 Å². The maximum absolute atomic E-state index is 5.81. The Kier molecular flexibility index (Phi) is 4.34. The third-order valence-corrected chi connectivity index (χ3v) is 3.42. The average Bonchev–Trinajstić information content (AvgIpc) is 2.96. The monoisotopic (exact) mass is 234 g/mol. The number of aryl methyl sites for hydroxylation is 1. The summed E-state index contributed by atoms with van der Waals surface area (Å²) in [5, 5.41) is 3.51. The van der Waals surface area contributed by atoms with Gasteiger partial charge in [0.1, 0.15) is 0 Å². The molecule has 4 nitrogen and oxygen atoms in total. The van der Waals surface area contributed by atoms with Gasteiger partial charge in [-0.2, -0.15) is 0 Å². The highest BCUT2D eigenvalue weighted by atomic mass is 15.1. The summed E-state index contributed by atoms with van der Waals surface area (Å²) >= 11 is 0. The average molecular weight is 234 g/mol. The summed E-state index contributed by atoms with van der Waals surface area (Å²) < 4.78 is 2.03. The summed E-state index contributed by atoms with van der Waals surface area (Å²) in [5.74, 6) is 0. The minimum Gasteiger partial charge on any atom is -0.336 e. The smallest absolute Gasteiger partial charge is 0.0946 e. The molecule has 0 fully saturated rings. The van der Waals surface area contributed by atoms with Crippen LogP contribution in [-0.4, -0.2) is 22.6 Å². The highest BCUT2D eigenvalue weighted by molar-refractivity contribution is 5.09. The van der Waals surface area contributed by atoms with Crippen LogP contribution < -0.4 is 11.1 Å². The Bertz CT molecular complexity index is 381. The van der Waals surface area contributed by atoms with E-state index in [1.165, 1.54) is 19.3 Å². The third-order valence-electron chi connectivity index (χ3n) is 3.42. The van der Waals surface area contributed by atoms with Gasteiger partial charge in [0, 0.05) is 19.8 Å². The molecule has 3 N–H and O–H groups in total. The zero-order valence-corrected chi connectivity index (χ0v) is 10.5. The lowest BCUT2D eigenvalue weighted by Gasteiger charge is -2.17. The number of nitrogens with one attached hydrogen (secondary N) is 1. The molecule has 1 heterocycles. The first-order valence-electron chi connectivity index (χ1n) is 6.39. The number of rotatable bonds is 6. The Morgan fingerprint density at radius 2 is 2.47 bits per heavy atom. The van der Waals surface area contributed by atoms with Crippen LogP contribution in [0.5, 0.6) is 0 Å². The lowest BCUT2D eigenvalue weighted by atomic mass is 10.1. The summed E-state index contributed by atoms with van der Waals surface area (Å²) in [6, 6.07) is 0.213. The second-order valence-electron chi connectivity index (χ2n) is 4.68. The van der Waals surface area contributed by atoms with Crippen molar-refractivity contribution in [1.29, 1.82) is 0 Å². The van der Waals surface area contributed by atoms with Gasteiger partial charge < -0.3 is 15.6 Å². The van der Waals surface area contributed by atoms with Crippen LogP contribution in [0.1, 0.15) is 37.4 Å². The molecular formula is C13H22N4. The second kappa shape index (κ2) is 5.98. The minimum absolute atomic E-state index is 0.213. The Morgan fingerprint density at radius 1 is 1.59 bits per heavy atom. The van der Waals surface area contributed by atoms with E-state index >= 15 is 0 Å². The summed E-state index contributed by atoms with van der Waals surface area (Å²) in [7, 11) is 2.01. The molecule has 4 heteroatoms. The van der Waals surface area contributed by atoms with E-state index in [0.717, 1.165) is 18.7 Å². The lowest BCUT2D eigenvalue weighted by molar-refractivity contribution is 0.516. The number of imidazole rings is 1. The van der Waals surface area contributed by atoms with E-state index in [4.69, 9.17) is 5.73 Å². The normalized spacial score (nSPS) is 17.2. The fraction of sp³-hybridized carbons (Fsp3) is 0.615. The third kappa shape index (κ3) is 3.17. The van der Waals surface area contributed by atoms with Gasteiger partial charge in [-0.25, -0.2) is 4.98 Å². The summed E-state index contributed by atoms with van der Waals surface area (Å²) in [6.07, 6.45) is 11.1. The van der Waals surface area contributed by atoms with Gasteiger partial charge in [0.25, 0.3) is 0 Å². The van der Waals surface area contributed by atoms with Crippen molar-refractivity contribution in [3.05, 3.63) is 29.9 Å². The molecule has 0 amide bonds. The van der Waals surface area contributed by atoms with Crippen LogP contribution in [0.25, 0.3) is 0 Å². The van der Waals surface area contributed by atoms with Crippen LogP contribution in [0.3, 0.4) is 0 Å². The SMILES string of the molecule is Cn1cncc1C(CN)NCCC1=CCCC1. The molecule has 0 saturated heterocycles. The molecule has 2 rings (SSSR count). The number of hydrogen-bond acceptors (Lipinski definition) is 3. The molecule has 17 heavy (non-hydrogen) atoms. The standard InChI is InChI=1S/C13H22N4/c1-17-10-15-9-13(17)12(8-14)16-7-6-11-4-2-3-5-11/h4,9-10,12,16H,2-3,5-8,14H2,1H3. The fourth-order valence-electron chi connectivity index (χ4n) is 2.38. The topological polar surface area (TPSA) is 55.9 Å². The van der Waals surface area contributed by atoms with E-state index in [9.17, 15) is 0 Å². The highest BCUT2D eigenvalue weighted by Crippen LogP contribution is 2.20. The number of nitrogens with zero attached hydrogens (tertiary/aromatic N) is 2. The predicted octanol–water partition coefficient (Wildman–Crippen LogP) is 1.51. The van der Waals surface area contributed by atoms with Crippen LogP contribution in [-0.2, 0) is 7.05 Å². The van der Waals surface area contributed by atoms with Crippen molar-refractivity contribution in [3.63, 3.8) is 0 Å². The van der Waals surface area contributed by atoms with Gasteiger partial charge in [-0.05, 0) is 32.2 Å². The first-order valence-corrected chi connectivity index (χ1v) is 6.39. The highest BCUT2D eigenvalue weighted by Gasteiger charge is 2.12. The van der Waals surface area contributed by atoms with Crippen molar-refractivity contribution in [2.24, 2.45) is 12.8 Å². The molecule has 1 unspecified atom stereocenters. The second-order valence-corrected chi connectivity index (χ2v) is 4.68. The summed E-state index contributed by atoms with van der Waals surface area (Å²) in [4.78, 5) is 4.13. The summed E-state index contributed by atoms with van der Waals surface area (Å²) in [6.45, 7) is 1.61. The fourth-order valence-corrected chi connectivity index (χ4v) is 2.38. The molecule has 0 aliphatic heterocycles. The van der Waals surface area contributed by atoms with Gasteiger partial charge in [0.05, 0.1) is 18.1 Å². The molecule has 0 aromatic carbocycles. The Morgan fingerprint density at radius 3 is 3.06 bits per heavy atom. The zero-order valence-electron chi connectivity index (χ0n) is 10.5. The first kappa shape index (κ1) is 12.3. The molecule has 1 atom stereocenters.